The smallest absolute Gasteiger partial charge is 0.227 e. The summed E-state index contributed by atoms with van der Waals surface area (Å²) in [5.74, 6) is 0.792. The molecule has 19 heavy (non-hydrogen) atoms. The van der Waals surface area contributed by atoms with Gasteiger partial charge in [0.2, 0.25) is 11.9 Å². The van der Waals surface area contributed by atoms with Gasteiger partial charge < -0.3 is 11.1 Å². The van der Waals surface area contributed by atoms with Crippen LogP contribution in [0.4, 0.5) is 11.9 Å². The zero-order chi connectivity index (χ0) is 13.4. The van der Waals surface area contributed by atoms with Gasteiger partial charge in [-0.1, -0.05) is 17.7 Å². The van der Waals surface area contributed by atoms with Crippen LogP contribution in [0, 0.1) is 13.8 Å². The highest BCUT2D eigenvalue weighted by atomic mass is 15.2. The van der Waals surface area contributed by atoms with Gasteiger partial charge in [0.15, 0.2) is 0 Å². The first-order chi connectivity index (χ1) is 9.13. The number of nitrogens with two attached hydrogens (primary N) is 1. The van der Waals surface area contributed by atoms with E-state index in [0.29, 0.717) is 5.95 Å². The summed E-state index contributed by atoms with van der Waals surface area (Å²) in [6, 6.07) is 4.75. The molecule has 1 heterocycles. The van der Waals surface area contributed by atoms with Crippen molar-refractivity contribution in [1.82, 2.24) is 15.0 Å². The molecular weight excluding hydrogens is 238 g/mol. The maximum Gasteiger partial charge on any atom is 0.227 e. The van der Waals surface area contributed by atoms with Gasteiger partial charge in [-0.3, -0.25) is 0 Å². The molecule has 1 atom stereocenters. The number of nitrogens with zero attached hydrogens (tertiary/aromatic N) is 3. The van der Waals surface area contributed by atoms with E-state index in [0.717, 1.165) is 12.8 Å². The Balaban J connectivity index is 1.90. The van der Waals surface area contributed by atoms with E-state index in [1.807, 2.05) is 0 Å². The van der Waals surface area contributed by atoms with Crippen molar-refractivity contribution < 1.29 is 0 Å². The summed E-state index contributed by atoms with van der Waals surface area (Å²) in [7, 11) is 0. The fourth-order valence-corrected chi connectivity index (χ4v) is 2.81. The summed E-state index contributed by atoms with van der Waals surface area (Å²) < 4.78 is 0. The summed E-state index contributed by atoms with van der Waals surface area (Å²) in [5, 5.41) is 3.35. The van der Waals surface area contributed by atoms with Crippen LogP contribution in [0.1, 0.15) is 34.7 Å². The van der Waals surface area contributed by atoms with Crippen molar-refractivity contribution in [3.8, 4) is 0 Å². The number of aromatic nitrogens is 3. The molecule has 3 rings (SSSR count). The first-order valence-electron chi connectivity index (χ1n) is 6.44. The molecule has 3 N–H and O–H groups in total. The Morgan fingerprint density at radius 2 is 2.11 bits per heavy atom. The van der Waals surface area contributed by atoms with Crippen LogP contribution in [-0.2, 0) is 6.42 Å². The second-order valence-corrected chi connectivity index (χ2v) is 5.05. The van der Waals surface area contributed by atoms with Gasteiger partial charge in [-0.2, -0.15) is 4.98 Å². The first kappa shape index (κ1) is 11.9. The Labute approximate surface area is 112 Å². The number of fused-ring (bicyclic) bond motifs is 1. The van der Waals surface area contributed by atoms with Gasteiger partial charge in [-0.05, 0) is 43.4 Å². The van der Waals surface area contributed by atoms with E-state index < -0.39 is 0 Å². The van der Waals surface area contributed by atoms with E-state index in [1.165, 1.54) is 28.6 Å². The largest absolute Gasteiger partial charge is 0.368 e. The minimum absolute atomic E-state index is 0.246. The average Bonchev–Trinajstić information content (AvgIpc) is 2.73. The molecule has 5 nitrogen and oxygen atoms in total. The van der Waals surface area contributed by atoms with Gasteiger partial charge in [0.05, 0.1) is 6.04 Å². The molecule has 0 fully saturated rings. The molecule has 1 aromatic carbocycles. The Hall–Kier alpha value is -2.17. The van der Waals surface area contributed by atoms with Gasteiger partial charge >= 0.3 is 0 Å². The molecule has 98 valence electrons. The molecule has 2 aromatic rings. The predicted molar refractivity (Wildman–Crippen MR) is 74.8 cm³/mol. The van der Waals surface area contributed by atoms with Crippen LogP contribution in [0.15, 0.2) is 18.5 Å². The van der Waals surface area contributed by atoms with Crippen molar-refractivity contribution >= 4 is 11.9 Å². The second-order valence-electron chi connectivity index (χ2n) is 5.05. The molecule has 0 saturated heterocycles. The normalized spacial score (nSPS) is 17.3. The van der Waals surface area contributed by atoms with Crippen LogP contribution >= 0.6 is 0 Å². The number of anilines is 2. The number of rotatable bonds is 2. The highest BCUT2D eigenvalue weighted by Gasteiger charge is 2.24. The molecule has 0 saturated carbocycles. The third-order valence-electron chi connectivity index (χ3n) is 3.60. The van der Waals surface area contributed by atoms with Crippen LogP contribution in [-0.4, -0.2) is 15.0 Å². The Morgan fingerprint density at radius 1 is 1.26 bits per heavy atom. The maximum atomic E-state index is 5.57. The summed E-state index contributed by atoms with van der Waals surface area (Å²) >= 11 is 0. The molecule has 1 aliphatic carbocycles. The fourth-order valence-electron chi connectivity index (χ4n) is 2.81. The molecule has 0 aliphatic heterocycles. The van der Waals surface area contributed by atoms with Crippen molar-refractivity contribution in [2.45, 2.75) is 32.7 Å². The molecule has 0 bridgehead atoms. The molecule has 0 unspecified atom stereocenters. The number of aryl methyl sites for hydroxylation is 2. The van der Waals surface area contributed by atoms with Crippen LogP contribution in [0.3, 0.4) is 0 Å². The van der Waals surface area contributed by atoms with Gasteiger partial charge in [0.1, 0.15) is 6.33 Å². The highest BCUT2D eigenvalue weighted by molar-refractivity contribution is 5.46. The monoisotopic (exact) mass is 255 g/mol. The topological polar surface area (TPSA) is 76.7 Å². The van der Waals surface area contributed by atoms with Crippen molar-refractivity contribution in [1.29, 1.82) is 0 Å². The van der Waals surface area contributed by atoms with E-state index >= 15 is 0 Å². The van der Waals surface area contributed by atoms with Crippen LogP contribution in [0.5, 0.6) is 0 Å². The minimum Gasteiger partial charge on any atom is -0.368 e. The Bertz CT molecular complexity index is 623. The van der Waals surface area contributed by atoms with Crippen LogP contribution in [0.2, 0.25) is 0 Å². The van der Waals surface area contributed by atoms with Crippen molar-refractivity contribution in [2.24, 2.45) is 0 Å². The molecule has 1 aromatic heterocycles. The number of nitrogens with one attached hydrogen (secondary N) is 1. The summed E-state index contributed by atoms with van der Waals surface area (Å²) in [4.78, 5) is 12.0. The quantitative estimate of drug-likeness (QED) is 0.860. The average molecular weight is 255 g/mol. The number of benzene rings is 1. The third-order valence-corrected chi connectivity index (χ3v) is 3.60. The van der Waals surface area contributed by atoms with Gasteiger partial charge in [-0.15, -0.1) is 0 Å². The van der Waals surface area contributed by atoms with Crippen LogP contribution in [0.25, 0.3) is 0 Å². The number of hydrogen-bond acceptors (Lipinski definition) is 5. The van der Waals surface area contributed by atoms with E-state index in [4.69, 9.17) is 5.73 Å². The standard InChI is InChI=1S/C14H17N5/c1-8-5-9(2)10-3-4-12(11(10)6-8)18-14-17-7-16-13(15)19-14/h5-7,12H,3-4H2,1-2H3,(H3,15,16,17,18,19)/t12-/m0/s1. The highest BCUT2D eigenvalue weighted by Crippen LogP contribution is 2.35. The van der Waals surface area contributed by atoms with Crippen LogP contribution < -0.4 is 11.1 Å². The van der Waals surface area contributed by atoms with Crippen molar-refractivity contribution in [2.75, 3.05) is 11.1 Å². The van der Waals surface area contributed by atoms with Crippen molar-refractivity contribution in [3.63, 3.8) is 0 Å². The fraction of sp³-hybridized carbons (Fsp3) is 0.357. The minimum atomic E-state index is 0.246. The summed E-state index contributed by atoms with van der Waals surface area (Å²) in [6.45, 7) is 4.30. The zero-order valence-corrected chi connectivity index (χ0v) is 11.1. The Kier molecular flexibility index (Phi) is 2.81. The SMILES string of the molecule is Cc1cc(C)c2c(c1)[C@@H](Nc1ncnc(N)n1)CC2. The number of nitrogen functional groups attached to an aromatic ring is 1. The molecule has 5 heteroatoms. The number of hydrogen-bond donors (Lipinski definition) is 2. The van der Waals surface area contributed by atoms with Gasteiger partial charge in [0.25, 0.3) is 0 Å². The van der Waals surface area contributed by atoms with E-state index in [-0.39, 0.29) is 12.0 Å². The molecule has 0 amide bonds. The lowest BCUT2D eigenvalue weighted by molar-refractivity contribution is 0.749. The van der Waals surface area contributed by atoms with Crippen molar-refractivity contribution in [3.05, 3.63) is 40.7 Å². The van der Waals surface area contributed by atoms with Gasteiger partial charge in [0, 0.05) is 0 Å². The molecule has 0 radical (unpaired) electrons. The lowest BCUT2D eigenvalue weighted by Crippen LogP contribution is -2.11. The lowest BCUT2D eigenvalue weighted by atomic mass is 10.00. The van der Waals surface area contributed by atoms with E-state index in [2.05, 4.69) is 46.2 Å². The van der Waals surface area contributed by atoms with E-state index in [1.54, 1.807) is 0 Å². The first-order valence-corrected chi connectivity index (χ1v) is 6.44. The summed E-state index contributed by atoms with van der Waals surface area (Å²) in [6.07, 6.45) is 3.59. The third kappa shape index (κ3) is 2.23. The molecule has 1 aliphatic rings. The van der Waals surface area contributed by atoms with E-state index in [9.17, 15) is 0 Å². The molecule has 0 spiro atoms. The maximum absolute atomic E-state index is 5.57. The Morgan fingerprint density at radius 3 is 2.89 bits per heavy atom. The summed E-state index contributed by atoms with van der Waals surface area (Å²) in [5.41, 5.74) is 11.0. The van der Waals surface area contributed by atoms with Gasteiger partial charge in [-0.25, -0.2) is 9.97 Å². The lowest BCUT2D eigenvalue weighted by Gasteiger charge is -2.15. The second kappa shape index (κ2) is 4.50. The predicted octanol–water partition coefficient (Wildman–Crippen LogP) is 2.17. The zero-order valence-electron chi connectivity index (χ0n) is 11.1. The molecular formula is C14H17N5.